The number of ether oxygens (including phenoxy) is 1. The first-order chi connectivity index (χ1) is 15.6. The van der Waals surface area contributed by atoms with Crippen molar-refractivity contribution in [1.82, 2.24) is 0 Å². The van der Waals surface area contributed by atoms with Crippen LogP contribution in [0.3, 0.4) is 0 Å². The summed E-state index contributed by atoms with van der Waals surface area (Å²) >= 11 is 0. The Morgan fingerprint density at radius 3 is 1.03 bits per heavy atom. The van der Waals surface area contributed by atoms with Gasteiger partial charge in [0, 0.05) is 0 Å². The highest BCUT2D eigenvalue weighted by Crippen LogP contribution is 2.34. The van der Waals surface area contributed by atoms with Crippen molar-refractivity contribution in [3.8, 4) is 0 Å². The van der Waals surface area contributed by atoms with E-state index in [0.29, 0.717) is 13.0 Å². The largest absolute Gasteiger partial charge is 0.504 e. The lowest BCUT2D eigenvalue weighted by atomic mass is 10.4. The maximum Gasteiger partial charge on any atom is 0.504 e. The van der Waals surface area contributed by atoms with E-state index in [1.54, 1.807) is 0 Å². The molecule has 0 saturated heterocycles. The zero-order valence-electron chi connectivity index (χ0n) is 26.6. The standard InChI is InChI=1S/C22H58O7Si7/c1-19-22(23-20-21(2)3)36(27-33(13,14)24-30(4,5)6,28-34(15,16)25-31(7,8)9)29-35(17,18)26-32(10,11)12/h22H,2,19-20H2,1,3-18H3. The molecule has 0 aromatic carbocycles. The van der Waals surface area contributed by atoms with Crippen LogP contribution >= 0.6 is 0 Å². The molecule has 0 heterocycles. The van der Waals surface area contributed by atoms with Crippen LogP contribution in [0.1, 0.15) is 20.3 Å². The molecular formula is C22H58O7Si7. The highest BCUT2D eigenvalue weighted by atomic mass is 28.5. The van der Waals surface area contributed by atoms with Crippen molar-refractivity contribution in [2.45, 2.75) is 124 Å². The van der Waals surface area contributed by atoms with Crippen LogP contribution < -0.4 is 0 Å². The second kappa shape index (κ2) is 13.1. The molecule has 0 aromatic heterocycles. The lowest BCUT2D eigenvalue weighted by Crippen LogP contribution is -2.71. The number of hydrogen-bond acceptors (Lipinski definition) is 7. The van der Waals surface area contributed by atoms with E-state index in [4.69, 9.17) is 29.4 Å². The summed E-state index contributed by atoms with van der Waals surface area (Å²) in [7, 11) is -17.4. The number of hydrogen-bond donors (Lipinski definition) is 0. The summed E-state index contributed by atoms with van der Waals surface area (Å²) in [6, 6.07) is 0. The van der Waals surface area contributed by atoms with E-state index < -0.39 is 59.4 Å². The van der Waals surface area contributed by atoms with Gasteiger partial charge in [0.2, 0.25) is 0 Å². The number of rotatable bonds is 17. The first kappa shape index (κ1) is 37.0. The van der Waals surface area contributed by atoms with E-state index >= 15 is 0 Å². The molecule has 0 spiro atoms. The van der Waals surface area contributed by atoms with Gasteiger partial charge in [-0.3, -0.25) is 0 Å². The van der Waals surface area contributed by atoms with Gasteiger partial charge in [0.1, 0.15) is 5.73 Å². The molecule has 0 amide bonds. The molecule has 0 aromatic rings. The van der Waals surface area contributed by atoms with Crippen LogP contribution in [0, 0.1) is 0 Å². The van der Waals surface area contributed by atoms with Gasteiger partial charge in [0.15, 0.2) is 25.0 Å². The molecule has 0 bridgehead atoms. The fraction of sp³-hybridized carbons (Fsp3) is 0.909. The SMILES string of the molecule is C=C(C)COC(CC)[Si](O[Si](C)(C)O[Si](C)(C)C)(O[Si](C)(C)O[Si](C)(C)C)O[Si](C)(C)O[Si](C)(C)C. The molecule has 14 heteroatoms. The minimum absolute atomic E-state index is 0.389. The highest BCUT2D eigenvalue weighted by molar-refractivity contribution is 6.93. The Bertz CT molecular complexity index is 637. The van der Waals surface area contributed by atoms with Gasteiger partial charge in [0.05, 0.1) is 6.61 Å². The van der Waals surface area contributed by atoms with Crippen LogP contribution in [0.4, 0.5) is 0 Å². The predicted octanol–water partition coefficient (Wildman–Crippen LogP) is 7.55. The van der Waals surface area contributed by atoms with Crippen molar-refractivity contribution >= 4 is 59.4 Å². The molecule has 216 valence electrons. The van der Waals surface area contributed by atoms with E-state index in [9.17, 15) is 0 Å². The van der Waals surface area contributed by atoms with E-state index in [-0.39, 0.29) is 5.73 Å². The zero-order valence-corrected chi connectivity index (χ0v) is 33.6. The summed E-state index contributed by atoms with van der Waals surface area (Å²) in [6.45, 7) is 40.7. The Hall–Kier alpha value is 0.978. The van der Waals surface area contributed by atoms with Gasteiger partial charge in [-0.25, -0.2) is 0 Å². The van der Waals surface area contributed by atoms with Crippen molar-refractivity contribution in [1.29, 1.82) is 0 Å². The Labute approximate surface area is 231 Å². The van der Waals surface area contributed by atoms with Crippen LogP contribution in [0.2, 0.25) is 98.2 Å². The van der Waals surface area contributed by atoms with Gasteiger partial charge in [-0.05, 0) is 112 Å². The minimum Gasteiger partial charge on any atom is -0.437 e. The van der Waals surface area contributed by atoms with Crippen LogP contribution in [-0.4, -0.2) is 71.8 Å². The normalized spacial score (nSPS) is 15.8. The average Bonchev–Trinajstić information content (AvgIpc) is 2.44. The maximum absolute atomic E-state index is 7.12. The van der Waals surface area contributed by atoms with Crippen molar-refractivity contribution in [2.24, 2.45) is 0 Å². The molecule has 0 radical (unpaired) electrons. The van der Waals surface area contributed by atoms with Crippen molar-refractivity contribution < 1.29 is 29.4 Å². The van der Waals surface area contributed by atoms with Gasteiger partial charge < -0.3 is 29.4 Å². The summed E-state index contributed by atoms with van der Waals surface area (Å²) in [5.41, 5.74) is 0.552. The molecular weight excluding hydrogens is 573 g/mol. The lowest BCUT2D eigenvalue weighted by molar-refractivity contribution is 0.0509. The maximum atomic E-state index is 7.12. The van der Waals surface area contributed by atoms with Gasteiger partial charge in [-0.1, -0.05) is 19.1 Å². The Balaban J connectivity index is 6.93. The van der Waals surface area contributed by atoms with Crippen LogP contribution in [0.5, 0.6) is 0 Å². The topological polar surface area (TPSA) is 64.6 Å². The first-order valence-electron chi connectivity index (χ1n) is 13.1. The quantitative estimate of drug-likeness (QED) is 0.121. The summed E-state index contributed by atoms with van der Waals surface area (Å²) in [6.07, 6.45) is 0.672. The molecule has 7 nitrogen and oxygen atoms in total. The molecule has 0 rings (SSSR count). The van der Waals surface area contributed by atoms with Crippen LogP contribution in [0.25, 0.3) is 0 Å². The first-order valence-corrected chi connectivity index (χ1v) is 33.6. The Kier molecular flexibility index (Phi) is 13.5. The zero-order chi connectivity index (χ0) is 29.0. The van der Waals surface area contributed by atoms with Gasteiger partial charge >= 0.3 is 34.5 Å². The van der Waals surface area contributed by atoms with Crippen LogP contribution in [-0.2, 0) is 29.4 Å². The smallest absolute Gasteiger partial charge is 0.437 e. The molecule has 36 heavy (non-hydrogen) atoms. The highest BCUT2D eigenvalue weighted by Gasteiger charge is 2.61. The van der Waals surface area contributed by atoms with Crippen molar-refractivity contribution in [3.05, 3.63) is 12.2 Å². The molecule has 0 N–H and O–H groups in total. The predicted molar refractivity (Wildman–Crippen MR) is 170 cm³/mol. The molecule has 0 aliphatic rings. The average molecular weight is 631 g/mol. The second-order valence-electron chi connectivity index (χ2n) is 13.9. The summed E-state index contributed by atoms with van der Waals surface area (Å²) in [4.78, 5) is 0. The molecule has 0 saturated carbocycles. The molecule has 0 fully saturated rings. The van der Waals surface area contributed by atoms with Crippen LogP contribution in [0.15, 0.2) is 12.2 Å². The monoisotopic (exact) mass is 630 g/mol. The molecule has 1 unspecified atom stereocenters. The van der Waals surface area contributed by atoms with Gasteiger partial charge in [0.25, 0.3) is 0 Å². The fourth-order valence-electron chi connectivity index (χ4n) is 4.27. The molecule has 1 atom stereocenters. The summed E-state index contributed by atoms with van der Waals surface area (Å²) < 4.78 is 47.8. The Morgan fingerprint density at radius 2 is 0.833 bits per heavy atom. The lowest BCUT2D eigenvalue weighted by Gasteiger charge is -2.48. The van der Waals surface area contributed by atoms with E-state index in [1.165, 1.54) is 0 Å². The Morgan fingerprint density at radius 1 is 0.556 bits per heavy atom. The van der Waals surface area contributed by atoms with E-state index in [2.05, 4.69) is 112 Å². The third-order valence-electron chi connectivity index (χ3n) is 4.12. The summed E-state index contributed by atoms with van der Waals surface area (Å²) in [5.74, 6) is 0. The molecule has 0 aliphatic heterocycles. The van der Waals surface area contributed by atoms with E-state index in [1.807, 2.05) is 6.92 Å². The van der Waals surface area contributed by atoms with Crippen molar-refractivity contribution in [2.75, 3.05) is 6.61 Å². The fourth-order valence-corrected chi connectivity index (χ4v) is 35.8. The van der Waals surface area contributed by atoms with Crippen molar-refractivity contribution in [3.63, 3.8) is 0 Å². The third-order valence-corrected chi connectivity index (χ3v) is 28.0. The summed E-state index contributed by atoms with van der Waals surface area (Å²) in [5, 5.41) is 0. The van der Waals surface area contributed by atoms with E-state index in [0.717, 1.165) is 5.57 Å². The minimum atomic E-state index is -3.58. The van der Waals surface area contributed by atoms with Gasteiger partial charge in [-0.2, -0.15) is 0 Å². The molecule has 0 aliphatic carbocycles. The second-order valence-corrected chi connectivity index (χ2v) is 41.7. The van der Waals surface area contributed by atoms with Gasteiger partial charge in [-0.15, -0.1) is 0 Å². The third kappa shape index (κ3) is 16.2.